The van der Waals surface area contributed by atoms with E-state index in [9.17, 15) is 44.7 Å². The van der Waals surface area contributed by atoms with Gasteiger partial charge in [0.15, 0.2) is 0 Å². The number of alkyl halides is 6. The minimum atomic E-state index is -4.76. The van der Waals surface area contributed by atoms with Crippen LogP contribution in [0.1, 0.15) is 70.9 Å². The molecule has 0 amide bonds. The van der Waals surface area contributed by atoms with E-state index >= 15 is 0 Å². The summed E-state index contributed by atoms with van der Waals surface area (Å²) < 4.78 is 104. The Morgan fingerprint density at radius 3 is 1.73 bits per heavy atom. The van der Waals surface area contributed by atoms with Gasteiger partial charge in [0.2, 0.25) is 0 Å². The molecule has 0 aliphatic heterocycles. The maximum Gasteiger partial charge on any atom is 0.419 e. The average molecular weight is 679 g/mol. The van der Waals surface area contributed by atoms with Gasteiger partial charge >= 0.3 is 24.3 Å². The lowest BCUT2D eigenvalue weighted by molar-refractivity contribution is -0.140. The summed E-state index contributed by atoms with van der Waals surface area (Å²) in [5.41, 5.74) is 2.18. The van der Waals surface area contributed by atoms with E-state index in [2.05, 4.69) is 9.97 Å². The predicted octanol–water partition coefficient (Wildman–Crippen LogP) is 8.82. The number of aromatic nitrogens is 2. The molecule has 2 aromatic heterocycles. The number of nitrogens with zero attached hydrogens (tertiary/aromatic N) is 2. The van der Waals surface area contributed by atoms with Gasteiger partial charge in [0.25, 0.3) is 0 Å². The number of halogens is 8. The third-order valence-electron chi connectivity index (χ3n) is 8.53. The fourth-order valence-electron chi connectivity index (χ4n) is 6.42. The van der Waals surface area contributed by atoms with Gasteiger partial charge in [0, 0.05) is 35.9 Å². The first-order valence-corrected chi connectivity index (χ1v) is 14.7. The van der Waals surface area contributed by atoms with Crippen LogP contribution in [0.3, 0.4) is 0 Å². The van der Waals surface area contributed by atoms with Crippen LogP contribution in [0.5, 0.6) is 0 Å². The molecule has 0 bridgehead atoms. The Hall–Kier alpha value is -4.88. The van der Waals surface area contributed by atoms with Crippen molar-refractivity contribution in [2.24, 2.45) is 0 Å². The van der Waals surface area contributed by atoms with E-state index in [4.69, 9.17) is 10.2 Å². The average Bonchev–Trinajstić information content (AvgIpc) is 3.59. The first-order chi connectivity index (χ1) is 22.5. The second kappa shape index (κ2) is 13.3. The van der Waals surface area contributed by atoms with E-state index in [0.29, 0.717) is 54.5 Å². The molecule has 4 aromatic rings. The van der Waals surface area contributed by atoms with Crippen LogP contribution in [0.2, 0.25) is 0 Å². The monoisotopic (exact) mass is 678 g/mol. The molecular formula is C34H26F8N2O4. The fourth-order valence-corrected chi connectivity index (χ4v) is 6.42. The topological polar surface area (TPSA) is 100 Å². The molecule has 0 saturated heterocycles. The van der Waals surface area contributed by atoms with Crippen molar-refractivity contribution in [2.45, 2.75) is 62.7 Å². The number of aryl methyl sites for hydroxylation is 1. The van der Waals surface area contributed by atoms with Gasteiger partial charge in [-0.1, -0.05) is 12.1 Å². The molecule has 14 heteroatoms. The van der Waals surface area contributed by atoms with Crippen LogP contribution in [0.15, 0.2) is 61.2 Å². The van der Waals surface area contributed by atoms with Gasteiger partial charge in [-0.2, -0.15) is 26.3 Å². The molecule has 0 spiro atoms. The molecule has 0 saturated carbocycles. The minimum Gasteiger partial charge on any atom is -0.481 e. The number of carbonyl (C=O) groups is 2. The molecule has 252 valence electrons. The Morgan fingerprint density at radius 2 is 1.19 bits per heavy atom. The highest BCUT2D eigenvalue weighted by molar-refractivity contribution is 5.74. The second-order valence-electron chi connectivity index (χ2n) is 11.6. The zero-order valence-corrected chi connectivity index (χ0v) is 24.8. The smallest absolute Gasteiger partial charge is 0.419 e. The van der Waals surface area contributed by atoms with Crippen molar-refractivity contribution in [1.29, 1.82) is 0 Å². The van der Waals surface area contributed by atoms with Crippen LogP contribution >= 0.6 is 0 Å². The molecular weight excluding hydrogens is 652 g/mol. The van der Waals surface area contributed by atoms with E-state index in [0.717, 1.165) is 34.4 Å². The standard InChI is InChI=1S/2C17H13F4NO2/c18-15-5-9(2-4-14(15)17(19,20)21)12-7-22-8-13-10(6-16(23)24)1-3-11(12)13;18-14-5-9(3-4-13(14)17(19,20)21)12-8-22-7-11-2-1-10(16(11)12)6-15(23)24/h2,4-5,7-8,10H,1,3,6H2,(H,23,24);3-5,7-8,10H,1-2,6H2,(H,23,24). The van der Waals surface area contributed by atoms with E-state index in [-0.39, 0.29) is 30.2 Å². The van der Waals surface area contributed by atoms with Crippen LogP contribution in [-0.4, -0.2) is 32.1 Å². The van der Waals surface area contributed by atoms with Gasteiger partial charge in [-0.25, -0.2) is 8.78 Å². The van der Waals surface area contributed by atoms with Crippen molar-refractivity contribution in [1.82, 2.24) is 9.97 Å². The summed E-state index contributed by atoms with van der Waals surface area (Å²) in [4.78, 5) is 30.0. The van der Waals surface area contributed by atoms with Gasteiger partial charge in [-0.15, -0.1) is 0 Å². The summed E-state index contributed by atoms with van der Waals surface area (Å²) in [6.45, 7) is 0. The molecule has 2 unspecified atom stereocenters. The number of carboxylic acid groups (broad SMARTS) is 2. The molecule has 2 atom stereocenters. The van der Waals surface area contributed by atoms with Gasteiger partial charge in [-0.05, 0) is 95.2 Å². The van der Waals surface area contributed by atoms with E-state index in [1.807, 2.05) is 0 Å². The Balaban J connectivity index is 0.000000188. The van der Waals surface area contributed by atoms with E-state index in [1.165, 1.54) is 24.5 Å². The number of benzene rings is 2. The van der Waals surface area contributed by atoms with Gasteiger partial charge < -0.3 is 10.2 Å². The number of rotatable bonds is 6. The Kier molecular flexibility index (Phi) is 9.56. The maximum absolute atomic E-state index is 13.9. The Bertz CT molecular complexity index is 1870. The molecule has 2 aliphatic carbocycles. The fraction of sp³-hybridized carbons (Fsp3) is 0.294. The zero-order valence-electron chi connectivity index (χ0n) is 24.8. The molecule has 48 heavy (non-hydrogen) atoms. The van der Waals surface area contributed by atoms with Crippen molar-refractivity contribution in [3.05, 3.63) is 106 Å². The number of hydrogen-bond acceptors (Lipinski definition) is 4. The van der Waals surface area contributed by atoms with Crippen LogP contribution in [0.25, 0.3) is 22.3 Å². The highest BCUT2D eigenvalue weighted by Crippen LogP contribution is 2.43. The number of aliphatic carboxylic acids is 2. The summed E-state index contributed by atoms with van der Waals surface area (Å²) >= 11 is 0. The molecule has 0 radical (unpaired) electrons. The Morgan fingerprint density at radius 1 is 0.688 bits per heavy atom. The van der Waals surface area contributed by atoms with Crippen LogP contribution < -0.4 is 0 Å². The van der Waals surface area contributed by atoms with Gasteiger partial charge in [-0.3, -0.25) is 19.6 Å². The zero-order chi connectivity index (χ0) is 35.0. The highest BCUT2D eigenvalue weighted by Gasteiger charge is 2.36. The summed E-state index contributed by atoms with van der Waals surface area (Å²) in [7, 11) is 0. The summed E-state index contributed by atoms with van der Waals surface area (Å²) in [6.07, 6.45) is -0.978. The Labute approximate surface area is 268 Å². The quantitative estimate of drug-likeness (QED) is 0.198. The molecule has 6 nitrogen and oxygen atoms in total. The van der Waals surface area contributed by atoms with E-state index in [1.54, 1.807) is 12.4 Å². The molecule has 6 rings (SSSR count). The lowest BCUT2D eigenvalue weighted by Gasteiger charge is -2.15. The SMILES string of the molecule is O=C(O)CC1CCc2c(-c3ccc(C(F)(F)F)c(F)c3)cncc21.O=C(O)CC1CCc2cncc(-c3ccc(C(F)(F)F)c(F)c3)c21. The molecule has 2 aromatic carbocycles. The number of hydrogen-bond donors (Lipinski definition) is 2. The summed E-state index contributed by atoms with van der Waals surface area (Å²) in [5, 5.41) is 18.0. The number of fused-ring (bicyclic) bond motifs is 2. The van der Waals surface area contributed by atoms with Crippen molar-refractivity contribution in [3.8, 4) is 22.3 Å². The largest absolute Gasteiger partial charge is 0.481 e. The third-order valence-corrected chi connectivity index (χ3v) is 8.53. The second-order valence-corrected chi connectivity index (χ2v) is 11.6. The third kappa shape index (κ3) is 7.32. The van der Waals surface area contributed by atoms with Crippen LogP contribution in [0.4, 0.5) is 35.1 Å². The summed E-state index contributed by atoms with van der Waals surface area (Å²) in [6, 6.07) is 5.51. The van der Waals surface area contributed by atoms with Crippen LogP contribution in [0, 0.1) is 11.6 Å². The molecule has 2 heterocycles. The summed E-state index contributed by atoms with van der Waals surface area (Å²) in [5.74, 6) is -4.98. The number of pyridine rings is 2. The molecule has 2 N–H and O–H groups in total. The van der Waals surface area contributed by atoms with E-state index < -0.39 is 47.1 Å². The predicted molar refractivity (Wildman–Crippen MR) is 156 cm³/mol. The lowest BCUT2D eigenvalue weighted by Crippen LogP contribution is -2.08. The molecule has 0 fully saturated rings. The highest BCUT2D eigenvalue weighted by atomic mass is 19.4. The van der Waals surface area contributed by atoms with Crippen molar-refractivity contribution >= 4 is 11.9 Å². The molecule has 2 aliphatic rings. The number of carboxylic acids is 2. The first-order valence-electron chi connectivity index (χ1n) is 14.7. The van der Waals surface area contributed by atoms with Crippen molar-refractivity contribution in [2.75, 3.05) is 0 Å². The van der Waals surface area contributed by atoms with Crippen molar-refractivity contribution < 1.29 is 54.9 Å². The van der Waals surface area contributed by atoms with Gasteiger partial charge in [0.05, 0.1) is 24.0 Å². The van der Waals surface area contributed by atoms with Crippen molar-refractivity contribution in [3.63, 3.8) is 0 Å². The normalized spacial score (nSPS) is 16.9. The van der Waals surface area contributed by atoms with Gasteiger partial charge in [0.1, 0.15) is 11.6 Å². The lowest BCUT2D eigenvalue weighted by atomic mass is 9.91. The van der Waals surface area contributed by atoms with Crippen LogP contribution in [-0.2, 0) is 34.8 Å². The maximum atomic E-state index is 13.9. The first kappa shape index (κ1) is 34.5. The minimum absolute atomic E-state index is 0.0283.